The maximum Gasteiger partial charge on any atom is 0.255 e. The third kappa shape index (κ3) is 4.22. The number of amides is 1. The minimum Gasteiger partial charge on any atom is -0.493 e. The molecule has 0 aliphatic rings. The van der Waals surface area contributed by atoms with Gasteiger partial charge in [0.15, 0.2) is 11.5 Å². The molecule has 0 atom stereocenters. The van der Waals surface area contributed by atoms with E-state index >= 15 is 0 Å². The molecule has 23 heavy (non-hydrogen) atoms. The van der Waals surface area contributed by atoms with E-state index in [0.29, 0.717) is 39.4 Å². The summed E-state index contributed by atoms with van der Waals surface area (Å²) in [6, 6.07) is 7.85. The number of hydrogen-bond acceptors (Lipinski definition) is 3. The second-order valence-corrected chi connectivity index (χ2v) is 5.75. The number of hydrogen-bond donors (Lipinski definition) is 1. The SMILES string of the molecule is CCOc1c(Cl)cc(C(=O)Nc2cc(Cl)ccc2Cl)cc1OC. The van der Waals surface area contributed by atoms with Crippen molar-refractivity contribution in [2.45, 2.75) is 6.92 Å². The number of ether oxygens (including phenoxy) is 2. The topological polar surface area (TPSA) is 47.6 Å². The number of carbonyl (C=O) groups is 1. The number of rotatable bonds is 5. The molecule has 1 N–H and O–H groups in total. The molecule has 2 aromatic rings. The molecule has 0 aromatic heterocycles. The lowest BCUT2D eigenvalue weighted by molar-refractivity contribution is 0.102. The lowest BCUT2D eigenvalue weighted by Crippen LogP contribution is -2.13. The number of benzene rings is 2. The summed E-state index contributed by atoms with van der Waals surface area (Å²) in [6.45, 7) is 2.26. The van der Waals surface area contributed by atoms with Crippen LogP contribution < -0.4 is 14.8 Å². The van der Waals surface area contributed by atoms with Crippen molar-refractivity contribution in [3.8, 4) is 11.5 Å². The van der Waals surface area contributed by atoms with Gasteiger partial charge < -0.3 is 14.8 Å². The zero-order chi connectivity index (χ0) is 17.0. The standard InChI is InChI=1S/C16H14Cl3NO3/c1-3-23-15-12(19)6-9(7-14(15)22-2)16(21)20-13-8-10(17)4-5-11(13)18/h4-8H,3H2,1-2H3,(H,20,21). The predicted octanol–water partition coefficient (Wildman–Crippen LogP) is 5.31. The molecule has 2 rings (SSSR count). The van der Waals surface area contributed by atoms with Crippen LogP contribution in [0, 0.1) is 0 Å². The molecule has 0 saturated carbocycles. The van der Waals surface area contributed by atoms with Crippen molar-refractivity contribution in [3.63, 3.8) is 0 Å². The van der Waals surface area contributed by atoms with Gasteiger partial charge in [0.05, 0.1) is 29.4 Å². The molecule has 0 saturated heterocycles. The van der Waals surface area contributed by atoms with Gasteiger partial charge in [0.1, 0.15) is 0 Å². The summed E-state index contributed by atoms with van der Waals surface area (Å²) in [5.74, 6) is 0.383. The first kappa shape index (κ1) is 17.7. The zero-order valence-electron chi connectivity index (χ0n) is 12.5. The molecule has 1 amide bonds. The van der Waals surface area contributed by atoms with E-state index in [1.54, 1.807) is 24.3 Å². The molecule has 2 aromatic carbocycles. The molecule has 0 bridgehead atoms. The van der Waals surface area contributed by atoms with E-state index in [1.807, 2.05) is 6.92 Å². The molecule has 7 heteroatoms. The van der Waals surface area contributed by atoms with Crippen LogP contribution in [0.1, 0.15) is 17.3 Å². The summed E-state index contributed by atoms with van der Waals surface area (Å²) in [7, 11) is 1.48. The molecule has 0 spiro atoms. The molecule has 0 aliphatic heterocycles. The van der Waals surface area contributed by atoms with Crippen LogP contribution in [0.25, 0.3) is 0 Å². The third-order valence-electron chi connectivity index (χ3n) is 2.96. The highest BCUT2D eigenvalue weighted by molar-refractivity contribution is 6.36. The Hall–Kier alpha value is -1.62. The molecule has 0 radical (unpaired) electrons. The van der Waals surface area contributed by atoms with Crippen molar-refractivity contribution in [1.82, 2.24) is 0 Å². The second-order valence-electron chi connectivity index (χ2n) is 4.50. The van der Waals surface area contributed by atoms with Gasteiger partial charge in [-0.3, -0.25) is 4.79 Å². The van der Waals surface area contributed by atoms with E-state index < -0.39 is 5.91 Å². The van der Waals surface area contributed by atoms with E-state index in [4.69, 9.17) is 44.3 Å². The van der Waals surface area contributed by atoms with Gasteiger partial charge in [-0.2, -0.15) is 0 Å². The van der Waals surface area contributed by atoms with Crippen LogP contribution in [0.2, 0.25) is 15.1 Å². The first-order chi connectivity index (χ1) is 11.0. The van der Waals surface area contributed by atoms with Gasteiger partial charge in [0, 0.05) is 10.6 Å². The lowest BCUT2D eigenvalue weighted by atomic mass is 10.1. The summed E-state index contributed by atoms with van der Waals surface area (Å²) in [5.41, 5.74) is 0.722. The largest absolute Gasteiger partial charge is 0.493 e. The predicted molar refractivity (Wildman–Crippen MR) is 93.6 cm³/mol. The minimum atomic E-state index is -0.391. The van der Waals surface area contributed by atoms with Crippen molar-refractivity contribution < 1.29 is 14.3 Å². The first-order valence-corrected chi connectivity index (χ1v) is 7.86. The van der Waals surface area contributed by atoms with Crippen molar-refractivity contribution in [2.75, 3.05) is 19.0 Å². The fourth-order valence-corrected chi connectivity index (χ4v) is 2.53. The van der Waals surface area contributed by atoms with Crippen LogP contribution >= 0.6 is 34.8 Å². The summed E-state index contributed by atoms with van der Waals surface area (Å²) in [5, 5.41) is 3.82. The van der Waals surface area contributed by atoms with Gasteiger partial charge in [0.2, 0.25) is 0 Å². The summed E-state index contributed by atoms with van der Waals surface area (Å²) in [4.78, 5) is 12.4. The molecular weight excluding hydrogens is 361 g/mol. The van der Waals surface area contributed by atoms with Crippen molar-refractivity contribution in [3.05, 3.63) is 51.0 Å². The highest BCUT2D eigenvalue weighted by Crippen LogP contribution is 2.36. The van der Waals surface area contributed by atoms with Gasteiger partial charge in [0.25, 0.3) is 5.91 Å². The molecule has 122 valence electrons. The van der Waals surface area contributed by atoms with Gasteiger partial charge in [-0.15, -0.1) is 0 Å². The first-order valence-electron chi connectivity index (χ1n) is 6.73. The van der Waals surface area contributed by atoms with E-state index in [2.05, 4.69) is 5.32 Å². The van der Waals surface area contributed by atoms with Gasteiger partial charge in [-0.05, 0) is 37.3 Å². The molecular formula is C16H14Cl3NO3. The zero-order valence-corrected chi connectivity index (χ0v) is 14.7. The Kier molecular flexibility index (Phi) is 5.99. The Morgan fingerprint density at radius 3 is 2.52 bits per heavy atom. The number of nitrogens with one attached hydrogen (secondary N) is 1. The van der Waals surface area contributed by atoms with Gasteiger partial charge in [-0.1, -0.05) is 34.8 Å². The van der Waals surface area contributed by atoms with Gasteiger partial charge >= 0.3 is 0 Å². The fourth-order valence-electron chi connectivity index (χ4n) is 1.92. The Morgan fingerprint density at radius 2 is 1.87 bits per heavy atom. The molecule has 0 unspecified atom stereocenters. The summed E-state index contributed by atoms with van der Waals surface area (Å²) in [6.07, 6.45) is 0. The van der Waals surface area contributed by atoms with Gasteiger partial charge in [-0.25, -0.2) is 0 Å². The van der Waals surface area contributed by atoms with E-state index in [0.717, 1.165) is 0 Å². The van der Waals surface area contributed by atoms with Crippen molar-refractivity contribution >= 4 is 46.4 Å². The number of anilines is 1. The quantitative estimate of drug-likeness (QED) is 0.772. The fraction of sp³-hybridized carbons (Fsp3) is 0.188. The maximum atomic E-state index is 12.4. The number of carbonyl (C=O) groups excluding carboxylic acids is 1. The normalized spacial score (nSPS) is 10.3. The van der Waals surface area contributed by atoms with Crippen LogP contribution in [0.15, 0.2) is 30.3 Å². The van der Waals surface area contributed by atoms with Crippen LogP contribution in [0.5, 0.6) is 11.5 Å². The van der Waals surface area contributed by atoms with Crippen LogP contribution in [0.4, 0.5) is 5.69 Å². The molecule has 0 heterocycles. The maximum absolute atomic E-state index is 12.4. The molecule has 0 fully saturated rings. The van der Waals surface area contributed by atoms with Crippen LogP contribution in [0.3, 0.4) is 0 Å². The molecule has 0 aliphatic carbocycles. The molecule has 4 nitrogen and oxygen atoms in total. The monoisotopic (exact) mass is 373 g/mol. The lowest BCUT2D eigenvalue weighted by Gasteiger charge is -2.13. The number of methoxy groups -OCH3 is 1. The Labute approximate surface area is 149 Å². The number of halogens is 3. The summed E-state index contributed by atoms with van der Waals surface area (Å²) < 4.78 is 10.6. The highest BCUT2D eigenvalue weighted by Gasteiger charge is 2.16. The van der Waals surface area contributed by atoms with Crippen LogP contribution in [-0.2, 0) is 0 Å². The van der Waals surface area contributed by atoms with E-state index in [-0.39, 0.29) is 5.02 Å². The average Bonchev–Trinajstić information content (AvgIpc) is 2.52. The average molecular weight is 375 g/mol. The Bertz CT molecular complexity index is 735. The van der Waals surface area contributed by atoms with Crippen molar-refractivity contribution in [1.29, 1.82) is 0 Å². The minimum absolute atomic E-state index is 0.286. The van der Waals surface area contributed by atoms with Crippen molar-refractivity contribution in [2.24, 2.45) is 0 Å². The highest BCUT2D eigenvalue weighted by atomic mass is 35.5. The van der Waals surface area contributed by atoms with Crippen LogP contribution in [-0.4, -0.2) is 19.6 Å². The summed E-state index contributed by atoms with van der Waals surface area (Å²) >= 11 is 18.1. The van der Waals surface area contributed by atoms with E-state index in [9.17, 15) is 4.79 Å². The van der Waals surface area contributed by atoms with E-state index in [1.165, 1.54) is 13.2 Å². The second kappa shape index (κ2) is 7.77. The smallest absolute Gasteiger partial charge is 0.255 e. The Morgan fingerprint density at radius 1 is 1.13 bits per heavy atom. The third-order valence-corrected chi connectivity index (χ3v) is 3.80. The Balaban J connectivity index is 2.32.